The molecule has 136 valence electrons. The molecular formula is C19H41Br2N. The number of rotatable bonds is 16. The van der Waals surface area contributed by atoms with Gasteiger partial charge in [-0.15, -0.1) is 0 Å². The van der Waals surface area contributed by atoms with Gasteiger partial charge >= 0.3 is 0 Å². The lowest BCUT2D eigenvalue weighted by Crippen LogP contribution is -3.00. The fraction of sp³-hybridized carbons (Fsp3) is 1.00. The Morgan fingerprint density at radius 3 is 1.27 bits per heavy atom. The van der Waals surface area contributed by atoms with Crippen LogP contribution in [-0.2, 0) is 0 Å². The van der Waals surface area contributed by atoms with Crippen molar-refractivity contribution in [2.45, 2.75) is 91.4 Å². The van der Waals surface area contributed by atoms with Gasteiger partial charge in [0.15, 0.2) is 0 Å². The molecule has 0 saturated carbocycles. The standard InChI is InChI=1S/C19H41BrN.BrH/c1-4-7-10-13-17-21(19-15-20,16-12-9-6-3)18-14-11-8-5-2;/h4-19H2,1-3H3;1H/q+1;/p-1. The molecule has 0 aliphatic carbocycles. The van der Waals surface area contributed by atoms with Gasteiger partial charge in [0.05, 0.1) is 31.5 Å². The third kappa shape index (κ3) is 13.4. The summed E-state index contributed by atoms with van der Waals surface area (Å²) in [6.07, 6.45) is 15.4. The van der Waals surface area contributed by atoms with Crippen LogP contribution >= 0.6 is 15.9 Å². The first-order valence-electron chi connectivity index (χ1n) is 9.65. The molecule has 3 heteroatoms. The van der Waals surface area contributed by atoms with Gasteiger partial charge in [-0.2, -0.15) is 0 Å². The van der Waals surface area contributed by atoms with Gasteiger partial charge in [-0.25, -0.2) is 0 Å². The highest BCUT2D eigenvalue weighted by atomic mass is 79.9. The molecule has 22 heavy (non-hydrogen) atoms. The van der Waals surface area contributed by atoms with E-state index in [1.165, 1.54) is 107 Å². The Kier molecular flexibility index (Phi) is 20.9. The third-order valence-corrected chi connectivity index (χ3v) is 5.12. The highest BCUT2D eigenvalue weighted by molar-refractivity contribution is 9.09. The lowest BCUT2D eigenvalue weighted by Gasteiger charge is -2.39. The highest BCUT2D eigenvalue weighted by Crippen LogP contribution is 2.17. The molecule has 0 heterocycles. The Bertz CT molecular complexity index is 198. The average molecular weight is 443 g/mol. The van der Waals surface area contributed by atoms with E-state index >= 15 is 0 Å². The predicted molar refractivity (Wildman–Crippen MR) is 101 cm³/mol. The lowest BCUT2D eigenvalue weighted by molar-refractivity contribution is -0.926. The maximum absolute atomic E-state index is 3.72. The van der Waals surface area contributed by atoms with Crippen molar-refractivity contribution in [1.29, 1.82) is 0 Å². The number of hydrogen-bond acceptors (Lipinski definition) is 0. The zero-order chi connectivity index (χ0) is 15.8. The Morgan fingerprint density at radius 1 is 0.545 bits per heavy atom. The third-order valence-electron chi connectivity index (χ3n) is 4.77. The van der Waals surface area contributed by atoms with Crippen molar-refractivity contribution in [2.24, 2.45) is 0 Å². The van der Waals surface area contributed by atoms with Crippen molar-refractivity contribution in [3.8, 4) is 0 Å². The van der Waals surface area contributed by atoms with E-state index in [1.54, 1.807) is 0 Å². The lowest BCUT2D eigenvalue weighted by atomic mass is 10.1. The maximum Gasteiger partial charge on any atom is 0.0885 e. The largest absolute Gasteiger partial charge is 1.00 e. The smallest absolute Gasteiger partial charge is 0.0885 e. The van der Waals surface area contributed by atoms with Gasteiger partial charge in [0.1, 0.15) is 0 Å². The Morgan fingerprint density at radius 2 is 0.909 bits per heavy atom. The van der Waals surface area contributed by atoms with Crippen LogP contribution in [0.15, 0.2) is 0 Å². The molecule has 0 spiro atoms. The number of nitrogens with zero attached hydrogens (tertiary/aromatic N) is 1. The normalized spacial score (nSPS) is 11.5. The van der Waals surface area contributed by atoms with Crippen LogP contribution in [0.1, 0.15) is 91.4 Å². The summed E-state index contributed by atoms with van der Waals surface area (Å²) in [7, 11) is 0. The number of halogens is 2. The molecule has 0 atom stereocenters. The second-order valence-electron chi connectivity index (χ2n) is 6.75. The SMILES string of the molecule is CCCCCC[N+](CCBr)(CCCCC)CCCCCC.[Br-]. The Hall–Kier alpha value is 0.920. The van der Waals surface area contributed by atoms with E-state index in [9.17, 15) is 0 Å². The monoisotopic (exact) mass is 441 g/mol. The summed E-state index contributed by atoms with van der Waals surface area (Å²) in [6, 6.07) is 0. The summed E-state index contributed by atoms with van der Waals surface area (Å²) < 4.78 is 1.39. The summed E-state index contributed by atoms with van der Waals surface area (Å²) >= 11 is 3.72. The molecule has 0 fully saturated rings. The quantitative estimate of drug-likeness (QED) is 0.195. The minimum absolute atomic E-state index is 0. The van der Waals surface area contributed by atoms with Crippen LogP contribution in [0.5, 0.6) is 0 Å². The summed E-state index contributed by atoms with van der Waals surface area (Å²) in [5.41, 5.74) is 0. The van der Waals surface area contributed by atoms with Crippen molar-refractivity contribution >= 4 is 15.9 Å². The van der Waals surface area contributed by atoms with Crippen molar-refractivity contribution in [3.63, 3.8) is 0 Å². The molecule has 0 amide bonds. The van der Waals surface area contributed by atoms with E-state index in [1.807, 2.05) is 0 Å². The number of quaternary nitrogens is 1. The van der Waals surface area contributed by atoms with Crippen LogP contribution in [-0.4, -0.2) is 36.0 Å². The molecule has 0 saturated heterocycles. The minimum atomic E-state index is 0. The second-order valence-corrected chi connectivity index (χ2v) is 7.55. The van der Waals surface area contributed by atoms with E-state index < -0.39 is 0 Å². The van der Waals surface area contributed by atoms with Crippen LogP contribution < -0.4 is 17.0 Å². The number of unbranched alkanes of at least 4 members (excludes halogenated alkanes) is 8. The molecule has 0 radical (unpaired) electrons. The fourth-order valence-electron chi connectivity index (χ4n) is 3.30. The topological polar surface area (TPSA) is 0 Å². The van der Waals surface area contributed by atoms with Gasteiger partial charge < -0.3 is 21.5 Å². The van der Waals surface area contributed by atoms with Gasteiger partial charge in [-0.3, -0.25) is 0 Å². The molecule has 1 nitrogen and oxygen atoms in total. The number of alkyl halides is 1. The molecule has 0 bridgehead atoms. The molecule has 0 N–H and O–H groups in total. The molecule has 0 aromatic heterocycles. The average Bonchev–Trinajstić information content (AvgIpc) is 2.49. The molecule has 0 aliphatic heterocycles. The van der Waals surface area contributed by atoms with Crippen LogP contribution in [0.2, 0.25) is 0 Å². The van der Waals surface area contributed by atoms with Crippen LogP contribution in [0.4, 0.5) is 0 Å². The Balaban J connectivity index is 0. The van der Waals surface area contributed by atoms with Crippen molar-refractivity contribution < 1.29 is 21.5 Å². The summed E-state index contributed by atoms with van der Waals surface area (Å²) in [4.78, 5) is 0. The maximum atomic E-state index is 3.72. The molecular weight excluding hydrogens is 402 g/mol. The van der Waals surface area contributed by atoms with E-state index in [2.05, 4.69) is 36.7 Å². The number of hydrogen-bond donors (Lipinski definition) is 0. The zero-order valence-corrected chi connectivity index (χ0v) is 18.7. The first-order chi connectivity index (χ1) is 10.2. The highest BCUT2D eigenvalue weighted by Gasteiger charge is 2.25. The van der Waals surface area contributed by atoms with Crippen LogP contribution in [0.3, 0.4) is 0 Å². The summed E-state index contributed by atoms with van der Waals surface area (Å²) in [5, 5.41) is 1.17. The molecule has 0 aromatic rings. The zero-order valence-electron chi connectivity index (χ0n) is 15.5. The fourth-order valence-corrected chi connectivity index (χ4v) is 4.05. The van der Waals surface area contributed by atoms with Gasteiger partial charge in [0.25, 0.3) is 0 Å². The molecule has 0 aliphatic rings. The molecule has 0 unspecified atom stereocenters. The van der Waals surface area contributed by atoms with Gasteiger partial charge in [-0.05, 0) is 38.5 Å². The second kappa shape index (κ2) is 18.3. The van der Waals surface area contributed by atoms with Crippen LogP contribution in [0.25, 0.3) is 0 Å². The minimum Gasteiger partial charge on any atom is -1.00 e. The first kappa shape index (κ1) is 25.2. The van der Waals surface area contributed by atoms with Crippen molar-refractivity contribution in [1.82, 2.24) is 0 Å². The van der Waals surface area contributed by atoms with E-state index in [0.29, 0.717) is 0 Å². The van der Waals surface area contributed by atoms with Crippen molar-refractivity contribution in [3.05, 3.63) is 0 Å². The predicted octanol–water partition coefficient (Wildman–Crippen LogP) is 3.55. The molecule has 0 rings (SSSR count). The Labute approximate surface area is 160 Å². The molecule has 0 aromatic carbocycles. The van der Waals surface area contributed by atoms with Crippen LogP contribution in [0, 0.1) is 0 Å². The van der Waals surface area contributed by atoms with Crippen molar-refractivity contribution in [2.75, 3.05) is 31.5 Å². The van der Waals surface area contributed by atoms with Gasteiger partial charge in [-0.1, -0.05) is 68.8 Å². The first-order valence-corrected chi connectivity index (χ1v) is 10.8. The summed E-state index contributed by atoms with van der Waals surface area (Å²) in [5.74, 6) is 0. The van der Waals surface area contributed by atoms with E-state index in [0.717, 1.165) is 0 Å². The van der Waals surface area contributed by atoms with Gasteiger partial charge in [0, 0.05) is 0 Å². The van der Waals surface area contributed by atoms with E-state index in [4.69, 9.17) is 0 Å². The van der Waals surface area contributed by atoms with E-state index in [-0.39, 0.29) is 17.0 Å². The van der Waals surface area contributed by atoms with Gasteiger partial charge in [0.2, 0.25) is 0 Å². The summed E-state index contributed by atoms with van der Waals surface area (Å²) in [6.45, 7) is 12.5.